The summed E-state index contributed by atoms with van der Waals surface area (Å²) in [5.41, 5.74) is 2.25. The molecule has 0 saturated carbocycles. The van der Waals surface area contributed by atoms with Crippen LogP contribution in [0.25, 0.3) is 0 Å². The van der Waals surface area contributed by atoms with E-state index in [4.69, 9.17) is 18.9 Å². The van der Waals surface area contributed by atoms with E-state index in [9.17, 15) is 15.3 Å². The average Bonchev–Trinajstić information content (AvgIpc) is 2.79. The smallest absolute Gasteiger partial charge is 0.228 e. The van der Waals surface area contributed by atoms with E-state index in [-0.39, 0.29) is 12.5 Å². The minimum Gasteiger partial charge on any atom is -0.458 e. The highest BCUT2D eigenvalue weighted by atomic mass is 16.8. The van der Waals surface area contributed by atoms with Crippen molar-refractivity contribution in [1.82, 2.24) is 0 Å². The van der Waals surface area contributed by atoms with Crippen LogP contribution in [0.2, 0.25) is 0 Å². The molecule has 174 valence electrons. The molecule has 3 aliphatic rings. The van der Waals surface area contributed by atoms with Crippen molar-refractivity contribution in [1.29, 1.82) is 0 Å². The Bertz CT molecular complexity index is 869. The van der Waals surface area contributed by atoms with Gasteiger partial charge in [-0.15, -0.1) is 0 Å². The second-order valence-corrected chi connectivity index (χ2v) is 8.56. The highest BCUT2D eigenvalue weighted by Crippen LogP contribution is 2.36. The van der Waals surface area contributed by atoms with Crippen molar-refractivity contribution in [2.75, 3.05) is 7.11 Å². The molecule has 2 aromatic rings. The summed E-state index contributed by atoms with van der Waals surface area (Å²) in [5.74, 6) is 1.59. The fourth-order valence-corrected chi connectivity index (χ4v) is 4.15. The molecule has 2 unspecified atom stereocenters. The standard InChI is InChI=1S/C25H32O7/c1-29-24-20(27)15-21(28)25(32-24)31-22-13-9-17-6-10-18(26)5-3-2-4-16-7-11-19(12-8-16)30-23(22)14-17/h7-9,11-14,18,20-21,24-28H,2-6,10,15H2,1H3/t18-,20-,21?,24?,25-/m1/s1. The summed E-state index contributed by atoms with van der Waals surface area (Å²) in [6.07, 6.45) is 1.14. The molecular formula is C25H32O7. The van der Waals surface area contributed by atoms with Gasteiger partial charge in [0.2, 0.25) is 6.29 Å². The van der Waals surface area contributed by atoms with Crippen molar-refractivity contribution in [2.24, 2.45) is 0 Å². The predicted octanol–water partition coefficient (Wildman–Crippen LogP) is 3.32. The summed E-state index contributed by atoms with van der Waals surface area (Å²) in [4.78, 5) is 0. The van der Waals surface area contributed by atoms with Gasteiger partial charge >= 0.3 is 0 Å². The lowest BCUT2D eigenvalue weighted by molar-refractivity contribution is -0.299. The first-order valence-electron chi connectivity index (χ1n) is 11.3. The second kappa shape index (κ2) is 10.6. The van der Waals surface area contributed by atoms with Crippen molar-refractivity contribution in [3.8, 4) is 17.2 Å². The molecule has 7 heteroatoms. The van der Waals surface area contributed by atoms with E-state index in [1.165, 1.54) is 12.7 Å². The van der Waals surface area contributed by atoms with Crippen LogP contribution in [0.4, 0.5) is 0 Å². The van der Waals surface area contributed by atoms with E-state index in [1.807, 2.05) is 36.4 Å². The number of fused-ring (bicyclic) bond motifs is 8. The van der Waals surface area contributed by atoms with Gasteiger partial charge in [-0.05, 0) is 67.5 Å². The lowest BCUT2D eigenvalue weighted by Crippen LogP contribution is -2.50. The molecule has 4 bridgehead atoms. The number of hydrogen-bond donors (Lipinski definition) is 3. The van der Waals surface area contributed by atoms with Crippen molar-refractivity contribution in [2.45, 2.75) is 75.8 Å². The van der Waals surface area contributed by atoms with Crippen LogP contribution in [0.1, 0.15) is 43.2 Å². The van der Waals surface area contributed by atoms with Crippen LogP contribution in [-0.2, 0) is 22.3 Å². The molecule has 7 nitrogen and oxygen atoms in total. The number of ether oxygens (including phenoxy) is 4. The maximum Gasteiger partial charge on any atom is 0.228 e. The van der Waals surface area contributed by atoms with Gasteiger partial charge in [-0.2, -0.15) is 0 Å². The predicted molar refractivity (Wildman–Crippen MR) is 118 cm³/mol. The zero-order valence-corrected chi connectivity index (χ0v) is 18.4. The molecule has 3 heterocycles. The first-order chi connectivity index (χ1) is 15.5. The van der Waals surface area contributed by atoms with Crippen LogP contribution in [0, 0.1) is 0 Å². The SMILES string of the molecule is COC1O[C@@H](Oc2ccc3cc2Oc2ccc(cc2)CCCC[C@@H](O)CC3)C(O)C[C@H]1O. The zero-order valence-electron chi connectivity index (χ0n) is 18.4. The van der Waals surface area contributed by atoms with Crippen molar-refractivity contribution in [3.05, 3.63) is 53.6 Å². The highest BCUT2D eigenvalue weighted by Gasteiger charge is 2.38. The molecule has 0 aromatic heterocycles. The summed E-state index contributed by atoms with van der Waals surface area (Å²) < 4.78 is 22.9. The largest absolute Gasteiger partial charge is 0.458 e. The molecule has 0 aliphatic carbocycles. The number of aryl methyl sites for hydroxylation is 2. The van der Waals surface area contributed by atoms with E-state index < -0.39 is 24.8 Å². The fourth-order valence-electron chi connectivity index (χ4n) is 4.15. The molecule has 32 heavy (non-hydrogen) atoms. The Hall–Kier alpha value is -2.16. The van der Waals surface area contributed by atoms with Gasteiger partial charge in [-0.25, -0.2) is 0 Å². The fraction of sp³-hybridized carbons (Fsp3) is 0.520. The van der Waals surface area contributed by atoms with Crippen LogP contribution < -0.4 is 9.47 Å². The van der Waals surface area contributed by atoms with Gasteiger partial charge in [0.15, 0.2) is 17.8 Å². The van der Waals surface area contributed by atoms with E-state index >= 15 is 0 Å². The molecule has 1 fully saturated rings. The molecular weight excluding hydrogens is 412 g/mol. The first-order valence-corrected chi connectivity index (χ1v) is 11.3. The van der Waals surface area contributed by atoms with Gasteiger partial charge in [-0.3, -0.25) is 0 Å². The summed E-state index contributed by atoms with van der Waals surface area (Å²) in [6.45, 7) is 0. The zero-order chi connectivity index (χ0) is 22.5. The quantitative estimate of drug-likeness (QED) is 0.668. The molecule has 5 atom stereocenters. The Labute approximate surface area is 188 Å². The van der Waals surface area contributed by atoms with E-state index in [0.717, 1.165) is 37.7 Å². The van der Waals surface area contributed by atoms with Gasteiger partial charge in [0, 0.05) is 13.5 Å². The van der Waals surface area contributed by atoms with Crippen LogP contribution in [0.3, 0.4) is 0 Å². The number of aliphatic hydroxyl groups is 3. The van der Waals surface area contributed by atoms with Gasteiger partial charge in [0.1, 0.15) is 18.0 Å². The van der Waals surface area contributed by atoms with Crippen molar-refractivity contribution >= 4 is 0 Å². The Morgan fingerprint density at radius 3 is 2.38 bits per heavy atom. The normalized spacial score (nSPS) is 28.9. The summed E-state index contributed by atoms with van der Waals surface area (Å²) in [5, 5.41) is 30.7. The monoisotopic (exact) mass is 444 g/mol. The number of rotatable bonds is 3. The molecule has 3 N–H and O–H groups in total. The van der Waals surface area contributed by atoms with Crippen LogP contribution in [0.5, 0.6) is 17.2 Å². The number of benzene rings is 2. The van der Waals surface area contributed by atoms with Gasteiger partial charge in [0.05, 0.1) is 6.10 Å². The highest BCUT2D eigenvalue weighted by molar-refractivity contribution is 5.46. The minimum atomic E-state index is -1.01. The maximum atomic E-state index is 10.4. The Kier molecular flexibility index (Phi) is 7.65. The second-order valence-electron chi connectivity index (χ2n) is 8.56. The number of aliphatic hydroxyl groups excluding tert-OH is 3. The summed E-state index contributed by atoms with van der Waals surface area (Å²) >= 11 is 0. The molecule has 1 saturated heterocycles. The van der Waals surface area contributed by atoms with Crippen LogP contribution in [0.15, 0.2) is 42.5 Å². The molecule has 0 radical (unpaired) electrons. The van der Waals surface area contributed by atoms with E-state index in [0.29, 0.717) is 23.7 Å². The van der Waals surface area contributed by atoms with Crippen LogP contribution >= 0.6 is 0 Å². The van der Waals surface area contributed by atoms with Crippen molar-refractivity contribution < 1.29 is 34.3 Å². The number of methoxy groups -OCH3 is 1. The van der Waals surface area contributed by atoms with E-state index in [1.54, 1.807) is 6.07 Å². The lowest BCUT2D eigenvalue weighted by atomic mass is 10.0. The molecule has 3 aliphatic heterocycles. The molecule has 0 amide bonds. The third-order valence-electron chi connectivity index (χ3n) is 6.03. The Morgan fingerprint density at radius 1 is 0.844 bits per heavy atom. The minimum absolute atomic E-state index is 0.0802. The van der Waals surface area contributed by atoms with Gasteiger partial charge in [-0.1, -0.05) is 24.6 Å². The summed E-state index contributed by atoms with van der Waals surface area (Å²) in [6, 6.07) is 13.6. The van der Waals surface area contributed by atoms with Crippen molar-refractivity contribution in [3.63, 3.8) is 0 Å². The topological polar surface area (TPSA) is 97.6 Å². The average molecular weight is 445 g/mol. The Morgan fingerprint density at radius 2 is 1.59 bits per heavy atom. The van der Waals surface area contributed by atoms with Gasteiger partial charge in [0.25, 0.3) is 0 Å². The van der Waals surface area contributed by atoms with Crippen LogP contribution in [-0.4, -0.2) is 53.3 Å². The third-order valence-corrected chi connectivity index (χ3v) is 6.03. The summed E-state index contributed by atoms with van der Waals surface area (Å²) in [7, 11) is 1.43. The lowest BCUT2D eigenvalue weighted by Gasteiger charge is -2.36. The van der Waals surface area contributed by atoms with E-state index in [2.05, 4.69) is 0 Å². The Balaban J connectivity index is 1.59. The molecule has 2 aromatic carbocycles. The van der Waals surface area contributed by atoms with Gasteiger partial charge < -0.3 is 34.3 Å². The number of hydrogen-bond acceptors (Lipinski definition) is 7. The third kappa shape index (κ3) is 5.79. The molecule has 0 spiro atoms. The molecule has 5 rings (SSSR count). The first kappa shape index (κ1) is 23.0. The maximum absolute atomic E-state index is 10.4.